The average Bonchev–Trinajstić information content (AvgIpc) is 3.26. The van der Waals surface area contributed by atoms with E-state index in [1.807, 2.05) is 48.7 Å². The highest BCUT2D eigenvalue weighted by molar-refractivity contribution is 7.99. The lowest BCUT2D eigenvalue weighted by molar-refractivity contribution is 0.481. The Labute approximate surface area is 134 Å². The molecule has 0 amide bonds. The number of aromatic nitrogens is 3. The van der Waals surface area contributed by atoms with E-state index in [2.05, 4.69) is 15.2 Å². The molecule has 0 fully saturated rings. The number of rotatable bonds is 4. The minimum atomic E-state index is -0.0331. The third-order valence-electron chi connectivity index (χ3n) is 3.07. The number of benzene rings is 1. The molecule has 4 rings (SSSR count). The Morgan fingerprint density at radius 3 is 2.82 bits per heavy atom. The molecule has 0 spiro atoms. The van der Waals surface area contributed by atoms with E-state index in [1.54, 1.807) is 11.3 Å². The van der Waals surface area contributed by atoms with Crippen LogP contribution in [0.4, 0.5) is 0 Å². The Balaban J connectivity index is 1.55. The van der Waals surface area contributed by atoms with Crippen LogP contribution in [-0.2, 0) is 0 Å². The molecule has 3 aromatic heterocycles. The van der Waals surface area contributed by atoms with Gasteiger partial charge in [-0.3, -0.25) is 0 Å². The zero-order valence-corrected chi connectivity index (χ0v) is 13.2. The normalized spacial score (nSPS) is 12.8. The first-order chi connectivity index (χ1) is 10.8. The highest BCUT2D eigenvalue weighted by Gasteiger charge is 2.19. The Morgan fingerprint density at radius 2 is 2.00 bits per heavy atom. The largest absolute Gasteiger partial charge is 0.431 e. The summed E-state index contributed by atoms with van der Waals surface area (Å²) < 4.78 is 11.4. The molecule has 0 aliphatic heterocycles. The van der Waals surface area contributed by atoms with Crippen molar-refractivity contribution < 1.29 is 8.83 Å². The van der Waals surface area contributed by atoms with Gasteiger partial charge in [-0.1, -0.05) is 30.0 Å². The highest BCUT2D eigenvalue weighted by atomic mass is 32.2. The van der Waals surface area contributed by atoms with Crippen molar-refractivity contribution in [1.82, 2.24) is 15.2 Å². The summed E-state index contributed by atoms with van der Waals surface area (Å²) in [6, 6.07) is 11.6. The second-order valence-electron chi connectivity index (χ2n) is 4.63. The third-order valence-corrected chi connectivity index (χ3v) is 4.86. The predicted octanol–water partition coefficient (Wildman–Crippen LogP) is 4.79. The molecule has 0 saturated carbocycles. The van der Waals surface area contributed by atoms with Crippen LogP contribution in [0.1, 0.15) is 18.1 Å². The van der Waals surface area contributed by atoms with Crippen molar-refractivity contribution in [3.8, 4) is 10.8 Å². The number of oxazole rings is 1. The van der Waals surface area contributed by atoms with Crippen molar-refractivity contribution in [2.24, 2.45) is 0 Å². The molecule has 110 valence electrons. The summed E-state index contributed by atoms with van der Waals surface area (Å²) in [5.41, 5.74) is 1.63. The maximum absolute atomic E-state index is 5.73. The molecule has 0 N–H and O–H groups in total. The van der Waals surface area contributed by atoms with Gasteiger partial charge < -0.3 is 8.83 Å². The molecule has 4 aromatic rings. The van der Waals surface area contributed by atoms with Gasteiger partial charge in [0.15, 0.2) is 5.58 Å². The minimum absolute atomic E-state index is 0.0331. The summed E-state index contributed by atoms with van der Waals surface area (Å²) in [4.78, 5) is 5.41. The van der Waals surface area contributed by atoms with Gasteiger partial charge >= 0.3 is 0 Å². The molecule has 1 atom stereocenters. The standard InChI is InChI=1S/C15H11N3O2S2/c1-9(13-17-18-14(20-13)12-7-4-8-21-12)22-15-16-10-5-2-3-6-11(10)19-15/h2-9H,1H3/t9-/m1/s1. The van der Waals surface area contributed by atoms with E-state index >= 15 is 0 Å². The van der Waals surface area contributed by atoms with E-state index in [9.17, 15) is 0 Å². The molecule has 7 heteroatoms. The second-order valence-corrected chi connectivity index (χ2v) is 6.87. The number of fused-ring (bicyclic) bond motifs is 1. The van der Waals surface area contributed by atoms with Crippen LogP contribution in [0.3, 0.4) is 0 Å². The van der Waals surface area contributed by atoms with E-state index in [1.165, 1.54) is 11.8 Å². The van der Waals surface area contributed by atoms with Crippen LogP contribution in [0.2, 0.25) is 0 Å². The van der Waals surface area contributed by atoms with Crippen LogP contribution in [0.5, 0.6) is 0 Å². The van der Waals surface area contributed by atoms with Crippen LogP contribution < -0.4 is 0 Å². The fourth-order valence-electron chi connectivity index (χ4n) is 2.00. The van der Waals surface area contributed by atoms with Gasteiger partial charge in [-0.25, -0.2) is 4.98 Å². The molecule has 22 heavy (non-hydrogen) atoms. The van der Waals surface area contributed by atoms with Crippen molar-refractivity contribution in [2.75, 3.05) is 0 Å². The van der Waals surface area contributed by atoms with E-state index in [4.69, 9.17) is 8.83 Å². The Bertz CT molecular complexity index is 865. The van der Waals surface area contributed by atoms with Crippen LogP contribution >= 0.6 is 23.1 Å². The zero-order valence-electron chi connectivity index (χ0n) is 11.6. The predicted molar refractivity (Wildman–Crippen MR) is 85.9 cm³/mol. The fourth-order valence-corrected chi connectivity index (χ4v) is 3.43. The molecule has 1 aromatic carbocycles. The average molecular weight is 329 g/mol. The van der Waals surface area contributed by atoms with Gasteiger partial charge in [-0.05, 0) is 30.5 Å². The first kappa shape index (κ1) is 13.5. The molecular formula is C15H11N3O2S2. The molecule has 0 saturated heterocycles. The molecule has 0 aliphatic rings. The van der Waals surface area contributed by atoms with Crippen molar-refractivity contribution >= 4 is 34.2 Å². The van der Waals surface area contributed by atoms with E-state index < -0.39 is 0 Å². The molecule has 0 aliphatic carbocycles. The smallest absolute Gasteiger partial charge is 0.257 e. The quantitative estimate of drug-likeness (QED) is 0.501. The first-order valence-electron chi connectivity index (χ1n) is 6.69. The lowest BCUT2D eigenvalue weighted by Gasteiger charge is -2.01. The van der Waals surface area contributed by atoms with Crippen LogP contribution in [-0.4, -0.2) is 15.2 Å². The van der Waals surface area contributed by atoms with Crippen LogP contribution in [0.15, 0.2) is 55.8 Å². The Kier molecular flexibility index (Phi) is 3.44. The lowest BCUT2D eigenvalue weighted by atomic mass is 10.3. The summed E-state index contributed by atoms with van der Waals surface area (Å²) in [5, 5.41) is 10.8. The van der Waals surface area contributed by atoms with Crippen LogP contribution in [0.25, 0.3) is 21.9 Å². The molecule has 0 unspecified atom stereocenters. The van der Waals surface area contributed by atoms with E-state index in [0.29, 0.717) is 17.0 Å². The molecule has 3 heterocycles. The number of thiophene rings is 1. The van der Waals surface area contributed by atoms with Crippen molar-refractivity contribution in [1.29, 1.82) is 0 Å². The number of nitrogens with zero attached hydrogens (tertiary/aromatic N) is 3. The number of thioether (sulfide) groups is 1. The second kappa shape index (κ2) is 5.58. The topological polar surface area (TPSA) is 65.0 Å². The van der Waals surface area contributed by atoms with Gasteiger partial charge in [-0.15, -0.1) is 21.5 Å². The number of hydrogen-bond acceptors (Lipinski definition) is 7. The van der Waals surface area contributed by atoms with E-state index in [-0.39, 0.29) is 5.25 Å². The molecule has 0 radical (unpaired) electrons. The minimum Gasteiger partial charge on any atom is -0.431 e. The summed E-state index contributed by atoms with van der Waals surface area (Å²) in [7, 11) is 0. The van der Waals surface area contributed by atoms with Gasteiger partial charge in [0.05, 0.1) is 10.1 Å². The SMILES string of the molecule is C[C@@H](Sc1nc2ccccc2o1)c1nnc(-c2cccs2)o1. The van der Waals surface area contributed by atoms with Crippen molar-refractivity contribution in [3.63, 3.8) is 0 Å². The molecule has 5 nitrogen and oxygen atoms in total. The van der Waals surface area contributed by atoms with Gasteiger partial charge in [0.1, 0.15) is 5.52 Å². The summed E-state index contributed by atoms with van der Waals surface area (Å²) in [6.45, 7) is 1.99. The fraction of sp³-hybridized carbons (Fsp3) is 0.133. The summed E-state index contributed by atoms with van der Waals surface area (Å²) in [6.07, 6.45) is 0. The van der Waals surface area contributed by atoms with Crippen molar-refractivity contribution in [3.05, 3.63) is 47.7 Å². The van der Waals surface area contributed by atoms with Gasteiger partial charge in [0.2, 0.25) is 5.89 Å². The maximum Gasteiger partial charge on any atom is 0.257 e. The Hall–Kier alpha value is -2.12. The first-order valence-corrected chi connectivity index (χ1v) is 8.45. The lowest BCUT2D eigenvalue weighted by Crippen LogP contribution is -1.88. The number of hydrogen-bond donors (Lipinski definition) is 0. The maximum atomic E-state index is 5.73. The monoisotopic (exact) mass is 329 g/mol. The van der Waals surface area contributed by atoms with Crippen LogP contribution in [0, 0.1) is 0 Å². The Morgan fingerprint density at radius 1 is 1.09 bits per heavy atom. The highest BCUT2D eigenvalue weighted by Crippen LogP contribution is 2.36. The van der Waals surface area contributed by atoms with Gasteiger partial charge in [0, 0.05) is 0 Å². The van der Waals surface area contributed by atoms with Crippen molar-refractivity contribution in [2.45, 2.75) is 17.4 Å². The molecule has 0 bridgehead atoms. The van der Waals surface area contributed by atoms with Gasteiger partial charge in [0.25, 0.3) is 11.1 Å². The summed E-state index contributed by atoms with van der Waals surface area (Å²) >= 11 is 3.04. The van der Waals surface area contributed by atoms with E-state index in [0.717, 1.165) is 16.0 Å². The third kappa shape index (κ3) is 2.53. The number of para-hydroxylation sites is 2. The molecular weight excluding hydrogens is 318 g/mol. The summed E-state index contributed by atoms with van der Waals surface area (Å²) in [5.74, 6) is 1.12. The van der Waals surface area contributed by atoms with Gasteiger partial charge in [-0.2, -0.15) is 0 Å². The zero-order chi connectivity index (χ0) is 14.9.